The van der Waals surface area contributed by atoms with Gasteiger partial charge in [-0.05, 0) is 51.0 Å². The van der Waals surface area contributed by atoms with Gasteiger partial charge in [-0.3, -0.25) is 14.6 Å². The van der Waals surface area contributed by atoms with E-state index in [2.05, 4.69) is 4.98 Å². The molecule has 1 aliphatic heterocycles. The van der Waals surface area contributed by atoms with Crippen LogP contribution in [0.15, 0.2) is 24.3 Å². The molecule has 0 bridgehead atoms. The molecule has 0 N–H and O–H groups in total. The van der Waals surface area contributed by atoms with Gasteiger partial charge in [0.25, 0.3) is 5.91 Å². The lowest BCUT2D eigenvalue weighted by Crippen LogP contribution is -2.43. The van der Waals surface area contributed by atoms with Gasteiger partial charge in [-0.1, -0.05) is 0 Å². The van der Waals surface area contributed by atoms with Crippen LogP contribution in [0.4, 0.5) is 0 Å². The summed E-state index contributed by atoms with van der Waals surface area (Å²) in [5.74, 6) is 0.167. The van der Waals surface area contributed by atoms with Gasteiger partial charge < -0.3 is 14.4 Å². The fraction of sp³-hybridized carbons (Fsp3) is 0.450. The molecule has 1 amide bonds. The maximum atomic E-state index is 13.0. The van der Waals surface area contributed by atoms with Gasteiger partial charge >= 0.3 is 5.97 Å². The first-order valence-electron chi connectivity index (χ1n) is 8.94. The van der Waals surface area contributed by atoms with E-state index in [1.54, 1.807) is 18.9 Å². The molecule has 0 radical (unpaired) electrons. The van der Waals surface area contributed by atoms with Gasteiger partial charge in [-0.2, -0.15) is 0 Å². The molecule has 6 nitrogen and oxygen atoms in total. The lowest BCUT2D eigenvalue weighted by molar-refractivity contribution is -0.149. The summed E-state index contributed by atoms with van der Waals surface area (Å²) in [5.41, 5.74) is 2.07. The Bertz CT molecular complexity index is 834. The number of ether oxygens (including phenoxy) is 2. The molecule has 1 aliphatic rings. The number of nitrogens with zero attached hydrogens (tertiary/aromatic N) is 2. The second-order valence-corrected chi connectivity index (χ2v) is 6.52. The normalized spacial score (nSPS) is 17.2. The molecule has 1 atom stereocenters. The summed E-state index contributed by atoms with van der Waals surface area (Å²) in [6, 6.07) is 7.46. The van der Waals surface area contributed by atoms with Crippen molar-refractivity contribution in [2.75, 3.05) is 26.8 Å². The van der Waals surface area contributed by atoms with Gasteiger partial charge in [0, 0.05) is 18.5 Å². The average Bonchev–Trinajstić information content (AvgIpc) is 2.67. The molecule has 0 aliphatic carbocycles. The number of esters is 1. The van der Waals surface area contributed by atoms with Crippen molar-refractivity contribution in [2.24, 2.45) is 5.92 Å². The number of hydrogen-bond acceptors (Lipinski definition) is 5. The highest BCUT2D eigenvalue weighted by Crippen LogP contribution is 2.25. The number of benzene rings is 1. The van der Waals surface area contributed by atoms with E-state index in [9.17, 15) is 9.59 Å². The number of pyridine rings is 1. The molecule has 0 spiro atoms. The minimum Gasteiger partial charge on any atom is -0.497 e. The Balaban J connectivity index is 1.86. The second-order valence-electron chi connectivity index (χ2n) is 6.52. The van der Waals surface area contributed by atoms with Crippen molar-refractivity contribution in [1.82, 2.24) is 9.88 Å². The average molecular weight is 356 g/mol. The molecule has 2 aromatic rings. The highest BCUT2D eigenvalue weighted by Gasteiger charge is 2.30. The maximum absolute atomic E-state index is 13.0. The van der Waals surface area contributed by atoms with E-state index in [1.165, 1.54) is 0 Å². The Hall–Kier alpha value is -2.63. The topological polar surface area (TPSA) is 68.7 Å². The molecule has 1 aromatic heterocycles. The SMILES string of the molecule is CCOC(=O)[C@H]1CCCN(C(=O)c2cc3cc(OC)ccc3nc2C)C1. The van der Waals surface area contributed by atoms with Gasteiger partial charge in [-0.25, -0.2) is 0 Å². The van der Waals surface area contributed by atoms with Crippen molar-refractivity contribution in [3.8, 4) is 5.75 Å². The van der Waals surface area contributed by atoms with Crippen LogP contribution >= 0.6 is 0 Å². The number of aryl methyl sites for hydroxylation is 1. The van der Waals surface area contributed by atoms with Crippen molar-refractivity contribution < 1.29 is 19.1 Å². The molecule has 26 heavy (non-hydrogen) atoms. The maximum Gasteiger partial charge on any atom is 0.310 e. The van der Waals surface area contributed by atoms with E-state index >= 15 is 0 Å². The fourth-order valence-corrected chi connectivity index (χ4v) is 3.38. The van der Waals surface area contributed by atoms with Crippen molar-refractivity contribution in [3.05, 3.63) is 35.5 Å². The van der Waals surface area contributed by atoms with E-state index in [0.29, 0.717) is 31.0 Å². The summed E-state index contributed by atoms with van der Waals surface area (Å²) in [6.45, 7) is 5.03. The smallest absolute Gasteiger partial charge is 0.310 e. The van der Waals surface area contributed by atoms with Crippen LogP contribution in [0.3, 0.4) is 0 Å². The van der Waals surface area contributed by atoms with Gasteiger partial charge in [0.15, 0.2) is 0 Å². The third-order valence-corrected chi connectivity index (χ3v) is 4.77. The molecular formula is C20H24N2O4. The van der Waals surface area contributed by atoms with E-state index in [1.807, 2.05) is 31.2 Å². The number of likely N-dealkylation sites (tertiary alicyclic amines) is 1. The van der Waals surface area contributed by atoms with E-state index in [4.69, 9.17) is 9.47 Å². The summed E-state index contributed by atoms with van der Waals surface area (Å²) in [5, 5.41) is 0.859. The highest BCUT2D eigenvalue weighted by molar-refractivity contribution is 5.99. The molecule has 0 saturated carbocycles. The lowest BCUT2D eigenvalue weighted by atomic mass is 9.97. The molecule has 0 unspecified atom stereocenters. The van der Waals surface area contributed by atoms with E-state index < -0.39 is 0 Å². The molecule has 1 aromatic carbocycles. The number of piperidine rings is 1. The van der Waals surface area contributed by atoms with Gasteiger partial charge in [0.2, 0.25) is 0 Å². The van der Waals surface area contributed by atoms with Crippen molar-refractivity contribution in [3.63, 3.8) is 0 Å². The zero-order chi connectivity index (χ0) is 18.7. The first-order valence-corrected chi connectivity index (χ1v) is 8.94. The zero-order valence-corrected chi connectivity index (χ0v) is 15.4. The van der Waals surface area contributed by atoms with Crippen LogP contribution in [0.2, 0.25) is 0 Å². The second kappa shape index (κ2) is 7.72. The number of carbonyl (C=O) groups excluding carboxylic acids is 2. The van der Waals surface area contributed by atoms with Crippen molar-refractivity contribution in [2.45, 2.75) is 26.7 Å². The Morgan fingerprint density at radius 1 is 1.31 bits per heavy atom. The minimum atomic E-state index is -0.249. The van der Waals surface area contributed by atoms with Crippen LogP contribution in [0.25, 0.3) is 10.9 Å². The number of rotatable bonds is 4. The highest BCUT2D eigenvalue weighted by atomic mass is 16.5. The molecular weight excluding hydrogens is 332 g/mol. The number of carbonyl (C=O) groups is 2. The van der Waals surface area contributed by atoms with Crippen molar-refractivity contribution >= 4 is 22.8 Å². The first kappa shape index (κ1) is 18.2. The summed E-state index contributed by atoms with van der Waals surface area (Å²) < 4.78 is 10.4. The Kier molecular flexibility index (Phi) is 5.40. The van der Waals surface area contributed by atoms with Crippen LogP contribution in [-0.2, 0) is 9.53 Å². The van der Waals surface area contributed by atoms with Gasteiger partial charge in [0.1, 0.15) is 5.75 Å². The third kappa shape index (κ3) is 3.64. The molecule has 3 rings (SSSR count). The van der Waals surface area contributed by atoms with Crippen LogP contribution in [0.1, 0.15) is 35.8 Å². The number of amides is 1. The largest absolute Gasteiger partial charge is 0.497 e. The Morgan fingerprint density at radius 3 is 2.85 bits per heavy atom. The molecule has 1 fully saturated rings. The fourth-order valence-electron chi connectivity index (χ4n) is 3.38. The third-order valence-electron chi connectivity index (χ3n) is 4.77. The zero-order valence-electron chi connectivity index (χ0n) is 15.4. The van der Waals surface area contributed by atoms with Crippen LogP contribution in [0.5, 0.6) is 5.75 Å². The minimum absolute atomic E-state index is 0.0891. The number of fused-ring (bicyclic) bond motifs is 1. The predicted molar refractivity (Wildman–Crippen MR) is 98.3 cm³/mol. The van der Waals surface area contributed by atoms with E-state index in [0.717, 1.165) is 29.5 Å². The summed E-state index contributed by atoms with van der Waals surface area (Å²) in [4.78, 5) is 31.4. The number of aromatic nitrogens is 1. The first-order chi connectivity index (χ1) is 12.5. The Labute approximate surface area is 153 Å². The van der Waals surface area contributed by atoms with Crippen LogP contribution < -0.4 is 4.74 Å². The summed E-state index contributed by atoms with van der Waals surface area (Å²) in [7, 11) is 1.61. The van der Waals surface area contributed by atoms with Crippen molar-refractivity contribution in [1.29, 1.82) is 0 Å². The predicted octanol–water partition coefficient (Wildman–Crippen LogP) is 2.97. The molecule has 1 saturated heterocycles. The van der Waals surface area contributed by atoms with Crippen LogP contribution in [-0.4, -0.2) is 48.6 Å². The lowest BCUT2D eigenvalue weighted by Gasteiger charge is -2.31. The van der Waals surface area contributed by atoms with Gasteiger partial charge in [-0.15, -0.1) is 0 Å². The molecule has 2 heterocycles. The Morgan fingerprint density at radius 2 is 2.12 bits per heavy atom. The van der Waals surface area contributed by atoms with Gasteiger partial charge in [0.05, 0.1) is 36.4 Å². The molecule has 138 valence electrons. The number of hydrogen-bond donors (Lipinski definition) is 0. The van der Waals surface area contributed by atoms with E-state index in [-0.39, 0.29) is 17.8 Å². The summed E-state index contributed by atoms with van der Waals surface area (Å²) >= 11 is 0. The molecule has 6 heteroatoms. The monoisotopic (exact) mass is 356 g/mol. The standard InChI is InChI=1S/C20H24N2O4/c1-4-26-20(24)14-6-5-9-22(12-14)19(23)17-11-15-10-16(25-3)7-8-18(15)21-13(17)2/h7-8,10-11,14H,4-6,9,12H2,1-3H3/t14-/m0/s1. The van der Waals surface area contributed by atoms with Crippen LogP contribution in [0, 0.1) is 12.8 Å². The number of methoxy groups -OCH3 is 1. The summed E-state index contributed by atoms with van der Waals surface area (Å²) in [6.07, 6.45) is 1.55. The quantitative estimate of drug-likeness (QED) is 0.788.